The number of carbonyl (C=O) groups is 2. The van der Waals surface area contributed by atoms with Gasteiger partial charge in [-0.2, -0.15) is 0 Å². The van der Waals surface area contributed by atoms with E-state index >= 15 is 0 Å². The highest BCUT2D eigenvalue weighted by Gasteiger charge is 2.18. The fraction of sp³-hybridized carbons (Fsp3) is 0.308. The van der Waals surface area contributed by atoms with Gasteiger partial charge in [-0.25, -0.2) is 4.98 Å². The van der Waals surface area contributed by atoms with Gasteiger partial charge in [-0.3, -0.25) is 9.59 Å². The molecule has 6 nitrogen and oxygen atoms in total. The number of nitrogens with zero attached hydrogens (tertiary/aromatic N) is 2. The summed E-state index contributed by atoms with van der Waals surface area (Å²) in [6, 6.07) is 2.84. The summed E-state index contributed by atoms with van der Waals surface area (Å²) in [6.45, 7) is 1.87. The van der Waals surface area contributed by atoms with Crippen molar-refractivity contribution in [1.29, 1.82) is 0 Å². The first-order valence-electron chi connectivity index (χ1n) is 6.38. The number of carbonyl (C=O) groups excluding carboxylic acids is 2. The van der Waals surface area contributed by atoms with E-state index in [-0.39, 0.29) is 18.4 Å². The van der Waals surface area contributed by atoms with Crippen molar-refractivity contribution in [2.75, 3.05) is 0 Å². The van der Waals surface area contributed by atoms with E-state index in [0.717, 1.165) is 3.79 Å². The molecule has 0 fully saturated rings. The minimum absolute atomic E-state index is 0.243. The number of thiophene rings is 1. The Kier molecular flexibility index (Phi) is 5.60. The van der Waals surface area contributed by atoms with Crippen LogP contribution in [-0.2, 0) is 18.4 Å². The van der Waals surface area contributed by atoms with Crippen molar-refractivity contribution in [3.63, 3.8) is 0 Å². The van der Waals surface area contributed by atoms with Gasteiger partial charge in [-0.05, 0) is 35.0 Å². The Morgan fingerprint density at radius 3 is 2.77 bits per heavy atom. The SMILES string of the molecule is CC(NC(=O)c1ccc(Br)s1)C(=O)NCc1ncc(Cl)n1C. The number of halogens is 2. The zero-order valence-electron chi connectivity index (χ0n) is 11.9. The van der Waals surface area contributed by atoms with Gasteiger partial charge in [0.2, 0.25) is 5.91 Å². The second-order valence-electron chi connectivity index (χ2n) is 4.57. The molecule has 2 N–H and O–H groups in total. The Morgan fingerprint density at radius 2 is 2.23 bits per heavy atom. The predicted molar refractivity (Wildman–Crippen MR) is 89.0 cm³/mol. The van der Waals surface area contributed by atoms with Crippen molar-refractivity contribution in [3.05, 3.63) is 38.0 Å². The van der Waals surface area contributed by atoms with E-state index in [4.69, 9.17) is 11.6 Å². The maximum absolute atomic E-state index is 12.0. The molecule has 1 unspecified atom stereocenters. The maximum atomic E-state index is 12.0. The molecule has 2 amide bonds. The van der Waals surface area contributed by atoms with Crippen LogP contribution in [0.15, 0.2) is 22.1 Å². The van der Waals surface area contributed by atoms with Crippen LogP contribution in [0.25, 0.3) is 0 Å². The maximum Gasteiger partial charge on any atom is 0.262 e. The minimum Gasteiger partial charge on any atom is -0.347 e. The number of hydrogen-bond donors (Lipinski definition) is 2. The van der Waals surface area contributed by atoms with Crippen LogP contribution >= 0.6 is 38.9 Å². The summed E-state index contributed by atoms with van der Waals surface area (Å²) in [4.78, 5) is 28.6. The van der Waals surface area contributed by atoms with Gasteiger partial charge in [0.25, 0.3) is 5.91 Å². The highest BCUT2D eigenvalue weighted by Crippen LogP contribution is 2.21. The van der Waals surface area contributed by atoms with Crippen LogP contribution in [0.2, 0.25) is 5.15 Å². The van der Waals surface area contributed by atoms with E-state index in [9.17, 15) is 9.59 Å². The van der Waals surface area contributed by atoms with Crippen LogP contribution in [0.1, 0.15) is 22.4 Å². The zero-order chi connectivity index (χ0) is 16.3. The zero-order valence-corrected chi connectivity index (χ0v) is 15.1. The number of hydrogen-bond acceptors (Lipinski definition) is 4. The molecule has 2 aromatic heterocycles. The third kappa shape index (κ3) is 4.08. The Bertz CT molecular complexity index is 700. The van der Waals surface area contributed by atoms with E-state index in [1.54, 1.807) is 30.7 Å². The van der Waals surface area contributed by atoms with E-state index in [1.807, 2.05) is 0 Å². The highest BCUT2D eigenvalue weighted by atomic mass is 79.9. The van der Waals surface area contributed by atoms with Crippen LogP contribution in [0, 0.1) is 0 Å². The molecule has 0 saturated heterocycles. The average molecular weight is 406 g/mol. The van der Waals surface area contributed by atoms with Crippen molar-refractivity contribution in [2.24, 2.45) is 7.05 Å². The first-order valence-corrected chi connectivity index (χ1v) is 8.37. The molecule has 0 aromatic carbocycles. The predicted octanol–water partition coefficient (Wildman–Crippen LogP) is 2.33. The van der Waals surface area contributed by atoms with Crippen LogP contribution in [0.4, 0.5) is 0 Å². The van der Waals surface area contributed by atoms with Gasteiger partial charge in [0, 0.05) is 7.05 Å². The summed E-state index contributed by atoms with van der Waals surface area (Å²) in [5.41, 5.74) is 0. The lowest BCUT2D eigenvalue weighted by Gasteiger charge is -2.13. The molecule has 0 aliphatic carbocycles. The minimum atomic E-state index is -0.649. The molecule has 0 radical (unpaired) electrons. The summed E-state index contributed by atoms with van der Waals surface area (Å²) >= 11 is 10.5. The third-order valence-electron chi connectivity index (χ3n) is 2.99. The van der Waals surface area contributed by atoms with Crippen LogP contribution in [0.3, 0.4) is 0 Å². The molecule has 2 rings (SSSR count). The Morgan fingerprint density at radius 1 is 1.50 bits per heavy atom. The molecule has 0 bridgehead atoms. The molecule has 1 atom stereocenters. The fourth-order valence-electron chi connectivity index (χ4n) is 1.68. The lowest BCUT2D eigenvalue weighted by atomic mass is 10.3. The Hall–Kier alpha value is -1.38. The van der Waals surface area contributed by atoms with Gasteiger partial charge in [0.1, 0.15) is 17.0 Å². The van der Waals surface area contributed by atoms with Gasteiger partial charge in [-0.1, -0.05) is 11.6 Å². The summed E-state index contributed by atoms with van der Waals surface area (Å²) in [7, 11) is 1.76. The summed E-state index contributed by atoms with van der Waals surface area (Å²) in [6.07, 6.45) is 1.52. The highest BCUT2D eigenvalue weighted by molar-refractivity contribution is 9.11. The molecule has 0 spiro atoms. The van der Waals surface area contributed by atoms with Crippen molar-refractivity contribution >= 4 is 50.7 Å². The number of nitrogens with one attached hydrogen (secondary N) is 2. The number of amides is 2. The van der Waals surface area contributed by atoms with Crippen molar-refractivity contribution in [2.45, 2.75) is 19.5 Å². The lowest BCUT2D eigenvalue weighted by Crippen LogP contribution is -2.44. The largest absolute Gasteiger partial charge is 0.347 e. The summed E-state index contributed by atoms with van der Waals surface area (Å²) < 4.78 is 2.54. The van der Waals surface area contributed by atoms with Crippen molar-refractivity contribution < 1.29 is 9.59 Å². The van der Waals surface area contributed by atoms with Gasteiger partial charge in [-0.15, -0.1) is 11.3 Å². The van der Waals surface area contributed by atoms with Gasteiger partial charge >= 0.3 is 0 Å². The van der Waals surface area contributed by atoms with Gasteiger partial charge in [0.05, 0.1) is 21.4 Å². The van der Waals surface area contributed by atoms with Crippen LogP contribution in [-0.4, -0.2) is 27.4 Å². The smallest absolute Gasteiger partial charge is 0.262 e. The van der Waals surface area contributed by atoms with Crippen LogP contribution < -0.4 is 10.6 Å². The topological polar surface area (TPSA) is 76.0 Å². The van der Waals surface area contributed by atoms with Gasteiger partial charge in [0.15, 0.2) is 0 Å². The first kappa shape index (κ1) is 17.0. The molecule has 2 heterocycles. The lowest BCUT2D eigenvalue weighted by molar-refractivity contribution is -0.122. The molecule has 118 valence electrons. The second kappa shape index (κ2) is 7.26. The van der Waals surface area contributed by atoms with E-state index in [1.165, 1.54) is 17.5 Å². The van der Waals surface area contributed by atoms with Crippen molar-refractivity contribution in [3.8, 4) is 0 Å². The Labute approximate surface area is 145 Å². The Balaban J connectivity index is 1.87. The number of imidazole rings is 1. The van der Waals surface area contributed by atoms with Crippen molar-refractivity contribution in [1.82, 2.24) is 20.2 Å². The first-order chi connectivity index (χ1) is 10.4. The monoisotopic (exact) mass is 404 g/mol. The molecule has 9 heteroatoms. The second-order valence-corrected chi connectivity index (χ2v) is 7.42. The van der Waals surface area contributed by atoms with E-state index in [0.29, 0.717) is 15.9 Å². The molecule has 0 aliphatic heterocycles. The number of aromatic nitrogens is 2. The molecule has 0 saturated carbocycles. The molecule has 0 aliphatic rings. The summed E-state index contributed by atoms with van der Waals surface area (Å²) in [5, 5.41) is 5.86. The average Bonchev–Trinajstić information content (AvgIpc) is 3.04. The van der Waals surface area contributed by atoms with E-state index < -0.39 is 6.04 Å². The molecule has 22 heavy (non-hydrogen) atoms. The van der Waals surface area contributed by atoms with E-state index in [2.05, 4.69) is 31.5 Å². The normalized spacial score (nSPS) is 12.0. The third-order valence-corrected chi connectivity index (χ3v) is 4.96. The molecular weight excluding hydrogens is 392 g/mol. The quantitative estimate of drug-likeness (QED) is 0.801. The standard InChI is InChI=1S/C13H14BrClN4O2S/c1-7(18-13(21)8-3-4-9(14)22-8)12(20)17-6-11-16-5-10(15)19(11)2/h3-5,7H,6H2,1-2H3,(H,17,20)(H,18,21). The molecule has 2 aromatic rings. The molecular formula is C13H14BrClN4O2S. The summed E-state index contributed by atoms with van der Waals surface area (Å²) in [5.74, 6) is 0.0699. The fourth-order valence-corrected chi connectivity index (χ4v) is 3.11. The number of rotatable bonds is 5. The van der Waals surface area contributed by atoms with Gasteiger partial charge < -0.3 is 15.2 Å². The van der Waals surface area contributed by atoms with Crippen LogP contribution in [0.5, 0.6) is 0 Å².